The van der Waals surface area contributed by atoms with Crippen molar-refractivity contribution in [3.8, 4) is 17.2 Å². The zero-order valence-electron chi connectivity index (χ0n) is 16.3. The van der Waals surface area contributed by atoms with Gasteiger partial charge in [0.05, 0.1) is 17.9 Å². The Bertz CT molecular complexity index is 1200. The van der Waals surface area contributed by atoms with E-state index in [0.29, 0.717) is 30.2 Å². The van der Waals surface area contributed by atoms with E-state index in [0.717, 1.165) is 27.6 Å². The second kappa shape index (κ2) is 9.14. The van der Waals surface area contributed by atoms with Gasteiger partial charge in [-0.25, -0.2) is 4.98 Å². The van der Waals surface area contributed by atoms with E-state index in [9.17, 15) is 5.26 Å². The second-order valence-corrected chi connectivity index (χ2v) is 6.81. The summed E-state index contributed by atoms with van der Waals surface area (Å²) in [4.78, 5) is 9.04. The molecule has 0 radical (unpaired) electrons. The predicted octanol–water partition coefficient (Wildman–Crippen LogP) is 3.99. The smallest absolute Gasteiger partial charge is 0.156 e. The standard InChI is InChI=1S/C24H21N5O/c25-14-21-20(18-5-2-1-3-6-18)7-4-8-22(21)29-24-23-19(9-10-27-24)13-17(16-28-23)15-26-11-12-30/h1-10,13,16,26,30H,11-12,15H2,(H,27,29). The highest BCUT2D eigenvalue weighted by molar-refractivity contribution is 5.91. The zero-order chi connectivity index (χ0) is 20.8. The van der Waals surface area contributed by atoms with Gasteiger partial charge in [-0.3, -0.25) is 4.98 Å². The maximum absolute atomic E-state index is 9.84. The van der Waals surface area contributed by atoms with Crippen LogP contribution in [0.25, 0.3) is 22.0 Å². The van der Waals surface area contributed by atoms with Crippen LogP contribution < -0.4 is 10.6 Å². The molecule has 2 aromatic heterocycles. The Balaban J connectivity index is 1.68. The molecule has 0 saturated heterocycles. The molecule has 6 nitrogen and oxygen atoms in total. The fourth-order valence-corrected chi connectivity index (χ4v) is 3.37. The molecule has 2 aromatic carbocycles. The Morgan fingerprint density at radius 3 is 2.67 bits per heavy atom. The van der Waals surface area contributed by atoms with E-state index < -0.39 is 0 Å². The van der Waals surface area contributed by atoms with Crippen molar-refractivity contribution in [3.63, 3.8) is 0 Å². The molecule has 0 fully saturated rings. The number of rotatable bonds is 7. The zero-order valence-corrected chi connectivity index (χ0v) is 16.3. The van der Waals surface area contributed by atoms with Crippen molar-refractivity contribution in [2.24, 2.45) is 0 Å². The maximum atomic E-state index is 9.84. The molecule has 0 aliphatic carbocycles. The molecule has 0 bridgehead atoms. The minimum absolute atomic E-state index is 0.0995. The summed E-state index contributed by atoms with van der Waals surface area (Å²) < 4.78 is 0. The molecule has 6 heteroatoms. The van der Waals surface area contributed by atoms with Crippen LogP contribution in [0.4, 0.5) is 11.5 Å². The average molecular weight is 395 g/mol. The van der Waals surface area contributed by atoms with Crippen LogP contribution in [-0.2, 0) is 6.54 Å². The molecule has 0 saturated carbocycles. The summed E-state index contributed by atoms with van der Waals surface area (Å²) in [5.41, 5.74) is 4.87. The highest BCUT2D eigenvalue weighted by Gasteiger charge is 2.12. The van der Waals surface area contributed by atoms with Gasteiger partial charge in [-0.1, -0.05) is 42.5 Å². The predicted molar refractivity (Wildman–Crippen MR) is 118 cm³/mol. The summed E-state index contributed by atoms with van der Waals surface area (Å²) in [5.74, 6) is 0.601. The third kappa shape index (κ3) is 4.13. The first kappa shape index (κ1) is 19.5. The van der Waals surface area contributed by atoms with Crippen molar-refractivity contribution in [1.29, 1.82) is 5.26 Å². The van der Waals surface area contributed by atoms with E-state index in [2.05, 4.69) is 26.7 Å². The number of nitrogens with zero attached hydrogens (tertiary/aromatic N) is 3. The van der Waals surface area contributed by atoms with Gasteiger partial charge < -0.3 is 15.7 Å². The lowest BCUT2D eigenvalue weighted by Crippen LogP contribution is -2.17. The van der Waals surface area contributed by atoms with Crippen molar-refractivity contribution in [2.75, 3.05) is 18.5 Å². The molecular formula is C24H21N5O. The Labute approximate surface area is 174 Å². The highest BCUT2D eigenvalue weighted by Crippen LogP contribution is 2.31. The molecule has 0 aliphatic heterocycles. The van der Waals surface area contributed by atoms with Crippen LogP contribution in [0.2, 0.25) is 0 Å². The number of hydrogen-bond donors (Lipinski definition) is 3. The van der Waals surface area contributed by atoms with Gasteiger partial charge in [0.25, 0.3) is 0 Å². The minimum Gasteiger partial charge on any atom is -0.395 e. The summed E-state index contributed by atoms with van der Waals surface area (Å²) in [6, 6.07) is 21.9. The van der Waals surface area contributed by atoms with Gasteiger partial charge >= 0.3 is 0 Å². The van der Waals surface area contributed by atoms with Crippen LogP contribution in [0.3, 0.4) is 0 Å². The molecule has 0 aliphatic rings. The van der Waals surface area contributed by atoms with Gasteiger partial charge in [0.2, 0.25) is 0 Å². The summed E-state index contributed by atoms with van der Waals surface area (Å²) in [7, 11) is 0. The fraction of sp³-hybridized carbons (Fsp3) is 0.125. The molecule has 0 amide bonds. The quantitative estimate of drug-likeness (QED) is 0.410. The Kier molecular flexibility index (Phi) is 5.95. The number of aliphatic hydroxyl groups excluding tert-OH is 1. The summed E-state index contributed by atoms with van der Waals surface area (Å²) in [6.45, 7) is 1.27. The highest BCUT2D eigenvalue weighted by atomic mass is 16.3. The van der Waals surface area contributed by atoms with E-state index in [1.807, 2.05) is 60.7 Å². The molecule has 148 valence electrons. The number of benzene rings is 2. The normalized spacial score (nSPS) is 10.7. The van der Waals surface area contributed by atoms with Crippen LogP contribution in [0.15, 0.2) is 73.1 Å². The molecule has 2 heterocycles. The van der Waals surface area contributed by atoms with Gasteiger partial charge in [0.1, 0.15) is 11.6 Å². The first-order valence-electron chi connectivity index (χ1n) is 9.71. The summed E-state index contributed by atoms with van der Waals surface area (Å²) >= 11 is 0. The summed E-state index contributed by atoms with van der Waals surface area (Å²) in [6.07, 6.45) is 3.52. The number of aliphatic hydroxyl groups is 1. The van der Waals surface area contributed by atoms with Crippen molar-refractivity contribution >= 4 is 22.4 Å². The van der Waals surface area contributed by atoms with Crippen molar-refractivity contribution < 1.29 is 5.11 Å². The third-order valence-corrected chi connectivity index (χ3v) is 4.79. The molecule has 3 N–H and O–H groups in total. The number of nitrogens with one attached hydrogen (secondary N) is 2. The number of anilines is 2. The van der Waals surface area contributed by atoms with Crippen LogP contribution in [0, 0.1) is 11.3 Å². The number of fused-ring (bicyclic) bond motifs is 1. The maximum Gasteiger partial charge on any atom is 0.156 e. The van der Waals surface area contributed by atoms with Gasteiger partial charge in [0, 0.05) is 36.4 Å². The van der Waals surface area contributed by atoms with Gasteiger partial charge in [-0.15, -0.1) is 0 Å². The molecule has 0 unspecified atom stereocenters. The van der Waals surface area contributed by atoms with E-state index in [1.165, 1.54) is 0 Å². The largest absolute Gasteiger partial charge is 0.395 e. The number of pyridine rings is 2. The fourth-order valence-electron chi connectivity index (χ4n) is 3.37. The van der Waals surface area contributed by atoms with E-state index in [-0.39, 0.29) is 6.61 Å². The van der Waals surface area contributed by atoms with Crippen LogP contribution in [0.1, 0.15) is 11.1 Å². The lowest BCUT2D eigenvalue weighted by atomic mass is 9.99. The van der Waals surface area contributed by atoms with Crippen molar-refractivity contribution in [1.82, 2.24) is 15.3 Å². The third-order valence-electron chi connectivity index (χ3n) is 4.79. The van der Waals surface area contributed by atoms with Gasteiger partial charge in [-0.05, 0) is 29.3 Å². The van der Waals surface area contributed by atoms with E-state index in [1.54, 1.807) is 12.4 Å². The average Bonchev–Trinajstić information content (AvgIpc) is 2.80. The minimum atomic E-state index is 0.0995. The summed E-state index contributed by atoms with van der Waals surface area (Å²) in [5, 5.41) is 26.2. The van der Waals surface area contributed by atoms with Crippen LogP contribution >= 0.6 is 0 Å². The Hall–Kier alpha value is -3.79. The molecule has 4 aromatic rings. The molecule has 0 spiro atoms. The Morgan fingerprint density at radius 2 is 1.87 bits per heavy atom. The van der Waals surface area contributed by atoms with Crippen molar-refractivity contribution in [3.05, 3.63) is 84.2 Å². The van der Waals surface area contributed by atoms with Gasteiger partial charge in [0.15, 0.2) is 5.82 Å². The first-order valence-corrected chi connectivity index (χ1v) is 9.71. The topological polar surface area (TPSA) is 93.9 Å². The Morgan fingerprint density at radius 1 is 1.00 bits per heavy atom. The molecule has 0 atom stereocenters. The molecular weight excluding hydrogens is 374 g/mol. The monoisotopic (exact) mass is 395 g/mol. The van der Waals surface area contributed by atoms with Crippen LogP contribution in [0.5, 0.6) is 0 Å². The van der Waals surface area contributed by atoms with Crippen LogP contribution in [-0.4, -0.2) is 28.2 Å². The van der Waals surface area contributed by atoms with Gasteiger partial charge in [-0.2, -0.15) is 5.26 Å². The first-order chi connectivity index (χ1) is 14.8. The lowest BCUT2D eigenvalue weighted by molar-refractivity contribution is 0.292. The van der Waals surface area contributed by atoms with E-state index >= 15 is 0 Å². The van der Waals surface area contributed by atoms with E-state index in [4.69, 9.17) is 5.11 Å². The second-order valence-electron chi connectivity index (χ2n) is 6.81. The molecule has 30 heavy (non-hydrogen) atoms. The molecule has 4 rings (SSSR count). The number of hydrogen-bond acceptors (Lipinski definition) is 6. The lowest BCUT2D eigenvalue weighted by Gasteiger charge is -2.13. The van der Waals surface area contributed by atoms with Crippen molar-refractivity contribution in [2.45, 2.75) is 6.54 Å². The number of nitriles is 1. The number of aromatic nitrogens is 2. The SMILES string of the molecule is N#Cc1c(Nc2nccc3cc(CNCCO)cnc23)cccc1-c1ccccc1.